The Morgan fingerprint density at radius 3 is 2.70 bits per heavy atom. The molecule has 4 aromatic rings. The van der Waals surface area contributed by atoms with E-state index in [0.29, 0.717) is 12.1 Å². The van der Waals surface area contributed by atoms with E-state index in [1.807, 2.05) is 35.9 Å². The molecule has 3 nitrogen and oxygen atoms in total. The molecule has 27 heavy (non-hydrogen) atoms. The number of halogens is 1. The number of rotatable bonds is 4. The molecule has 0 fully saturated rings. The Morgan fingerprint density at radius 1 is 1.04 bits per heavy atom. The van der Waals surface area contributed by atoms with Gasteiger partial charge in [0.15, 0.2) is 0 Å². The quantitative estimate of drug-likeness (QED) is 0.433. The fourth-order valence-electron chi connectivity index (χ4n) is 3.00. The van der Waals surface area contributed by atoms with Crippen LogP contribution < -0.4 is 4.80 Å². The van der Waals surface area contributed by atoms with E-state index in [-0.39, 0.29) is 5.82 Å². The van der Waals surface area contributed by atoms with E-state index in [1.165, 1.54) is 17.5 Å². The van der Waals surface area contributed by atoms with Crippen molar-refractivity contribution in [1.29, 1.82) is 0 Å². The first-order valence-corrected chi connectivity index (χ1v) is 9.63. The lowest BCUT2D eigenvalue weighted by Gasteiger charge is -2.07. The smallest absolute Gasteiger partial charge is 0.206 e. The summed E-state index contributed by atoms with van der Waals surface area (Å²) in [7, 11) is 0. The van der Waals surface area contributed by atoms with Gasteiger partial charge in [-0.05, 0) is 35.4 Å². The monoisotopic (exact) mass is 375 g/mol. The molecule has 5 heteroatoms. The molecule has 0 aliphatic carbocycles. The van der Waals surface area contributed by atoms with Crippen molar-refractivity contribution in [2.24, 2.45) is 10.1 Å². The molecular formula is C22H18FN3S. The van der Waals surface area contributed by atoms with Gasteiger partial charge in [0.2, 0.25) is 4.80 Å². The highest BCUT2D eigenvalue weighted by Gasteiger charge is 2.10. The molecule has 4 rings (SSSR count). The number of fused-ring (bicyclic) bond motifs is 1. The lowest BCUT2D eigenvalue weighted by molar-refractivity contribution is 0.627. The van der Waals surface area contributed by atoms with Crippen LogP contribution in [0.5, 0.6) is 0 Å². The Kier molecular flexibility index (Phi) is 4.94. The molecule has 134 valence electrons. The van der Waals surface area contributed by atoms with Crippen molar-refractivity contribution >= 4 is 28.3 Å². The molecular weight excluding hydrogens is 357 g/mol. The molecule has 0 saturated carbocycles. The summed E-state index contributed by atoms with van der Waals surface area (Å²) >= 11 is 1.55. The summed E-state index contributed by atoms with van der Waals surface area (Å²) in [6.07, 6.45) is 1.67. The van der Waals surface area contributed by atoms with Crippen LogP contribution in [0.25, 0.3) is 22.0 Å². The normalized spacial score (nSPS) is 12.3. The van der Waals surface area contributed by atoms with Gasteiger partial charge < -0.3 is 0 Å². The minimum atomic E-state index is -0.276. The van der Waals surface area contributed by atoms with Gasteiger partial charge in [0.25, 0.3) is 0 Å². The highest BCUT2D eigenvalue weighted by molar-refractivity contribution is 7.07. The van der Waals surface area contributed by atoms with Gasteiger partial charge in [0, 0.05) is 17.5 Å². The van der Waals surface area contributed by atoms with Crippen molar-refractivity contribution in [3.8, 4) is 11.3 Å². The Labute approximate surface area is 160 Å². The number of hydrogen-bond acceptors (Lipinski definition) is 3. The van der Waals surface area contributed by atoms with Gasteiger partial charge in [-0.2, -0.15) is 5.10 Å². The van der Waals surface area contributed by atoms with Gasteiger partial charge in [0.1, 0.15) is 5.82 Å². The first-order valence-electron chi connectivity index (χ1n) is 8.75. The van der Waals surface area contributed by atoms with Gasteiger partial charge in [-0.25, -0.2) is 9.07 Å². The third-order valence-electron chi connectivity index (χ3n) is 4.22. The first kappa shape index (κ1) is 17.4. The fourth-order valence-corrected chi connectivity index (χ4v) is 3.89. The van der Waals surface area contributed by atoms with E-state index in [2.05, 4.69) is 39.7 Å². The van der Waals surface area contributed by atoms with E-state index in [4.69, 9.17) is 0 Å². The summed E-state index contributed by atoms with van der Waals surface area (Å²) in [5, 5.41) is 9.03. The molecule has 0 amide bonds. The van der Waals surface area contributed by atoms with Crippen LogP contribution in [0, 0.1) is 5.82 Å². The molecule has 0 N–H and O–H groups in total. The predicted octanol–water partition coefficient (Wildman–Crippen LogP) is 5.31. The number of benzene rings is 3. The van der Waals surface area contributed by atoms with Crippen LogP contribution in [0.1, 0.15) is 12.5 Å². The third-order valence-corrected chi connectivity index (χ3v) is 5.07. The van der Waals surface area contributed by atoms with Crippen molar-refractivity contribution in [2.45, 2.75) is 6.92 Å². The molecule has 0 unspecified atom stereocenters. The van der Waals surface area contributed by atoms with E-state index in [0.717, 1.165) is 21.4 Å². The lowest BCUT2D eigenvalue weighted by atomic mass is 10.0. The van der Waals surface area contributed by atoms with Crippen molar-refractivity contribution < 1.29 is 4.39 Å². The van der Waals surface area contributed by atoms with Crippen LogP contribution in [-0.4, -0.2) is 17.4 Å². The zero-order valence-corrected chi connectivity index (χ0v) is 15.7. The third kappa shape index (κ3) is 3.59. The van der Waals surface area contributed by atoms with Crippen LogP contribution in [0.4, 0.5) is 4.39 Å². The van der Waals surface area contributed by atoms with E-state index in [1.54, 1.807) is 23.6 Å². The maximum Gasteiger partial charge on any atom is 0.206 e. The Bertz CT molecular complexity index is 1180. The standard InChI is InChI=1S/C22H18FN3S/c1-2-24-22-26(25-14-16-7-5-10-18(23)13-16)21(15-27-22)20-12-6-9-17-8-3-4-11-19(17)20/h3-15H,2H2,1H3. The average Bonchev–Trinajstić information content (AvgIpc) is 3.09. The molecule has 0 aliphatic heterocycles. The minimum absolute atomic E-state index is 0.276. The average molecular weight is 375 g/mol. The zero-order valence-electron chi connectivity index (χ0n) is 14.8. The second-order valence-corrected chi connectivity index (χ2v) is 6.85. The maximum atomic E-state index is 13.5. The van der Waals surface area contributed by atoms with Gasteiger partial charge >= 0.3 is 0 Å². The van der Waals surface area contributed by atoms with Crippen molar-refractivity contribution in [3.05, 3.63) is 88.3 Å². The van der Waals surface area contributed by atoms with Crippen LogP contribution in [-0.2, 0) is 0 Å². The lowest BCUT2D eigenvalue weighted by Crippen LogP contribution is -2.12. The summed E-state index contributed by atoms with van der Waals surface area (Å²) in [4.78, 5) is 5.37. The molecule has 1 aromatic heterocycles. The predicted molar refractivity (Wildman–Crippen MR) is 111 cm³/mol. The van der Waals surface area contributed by atoms with E-state index in [9.17, 15) is 4.39 Å². The summed E-state index contributed by atoms with van der Waals surface area (Å²) in [6, 6.07) is 20.9. The Hall–Kier alpha value is -3.05. The molecule has 0 radical (unpaired) electrons. The van der Waals surface area contributed by atoms with Crippen LogP contribution in [0.2, 0.25) is 0 Å². The SMILES string of the molecule is CCN=c1scc(-c2cccc3ccccc23)n1N=Cc1cccc(F)c1. The first-order chi connectivity index (χ1) is 13.3. The highest BCUT2D eigenvalue weighted by atomic mass is 32.1. The molecule has 0 aliphatic rings. The molecule has 3 aromatic carbocycles. The summed E-state index contributed by atoms with van der Waals surface area (Å²) in [5.41, 5.74) is 2.77. The second-order valence-electron chi connectivity index (χ2n) is 6.02. The zero-order chi connectivity index (χ0) is 18.6. The van der Waals surface area contributed by atoms with Crippen molar-refractivity contribution in [3.63, 3.8) is 0 Å². The minimum Gasteiger partial charge on any atom is -0.258 e. The van der Waals surface area contributed by atoms with Crippen molar-refractivity contribution in [2.75, 3.05) is 6.54 Å². The van der Waals surface area contributed by atoms with Crippen molar-refractivity contribution in [1.82, 2.24) is 4.68 Å². The largest absolute Gasteiger partial charge is 0.258 e. The molecule has 0 saturated heterocycles. The Balaban J connectivity index is 1.88. The van der Waals surface area contributed by atoms with E-state index >= 15 is 0 Å². The summed E-state index contributed by atoms with van der Waals surface area (Å²) in [6.45, 7) is 2.67. The molecule has 0 spiro atoms. The topological polar surface area (TPSA) is 29.6 Å². The van der Waals surface area contributed by atoms with Crippen LogP contribution in [0.3, 0.4) is 0 Å². The maximum absolute atomic E-state index is 13.5. The van der Waals surface area contributed by atoms with E-state index < -0.39 is 0 Å². The number of aromatic nitrogens is 1. The fraction of sp³-hybridized carbons (Fsp3) is 0.0909. The van der Waals surface area contributed by atoms with Crippen LogP contribution in [0.15, 0.2) is 82.2 Å². The Morgan fingerprint density at radius 2 is 1.85 bits per heavy atom. The number of thiazole rings is 1. The molecule has 0 bridgehead atoms. The number of nitrogens with zero attached hydrogens (tertiary/aromatic N) is 3. The summed E-state index contributed by atoms with van der Waals surface area (Å²) < 4.78 is 15.3. The van der Waals surface area contributed by atoms with Gasteiger partial charge in [-0.1, -0.05) is 54.6 Å². The van der Waals surface area contributed by atoms with Gasteiger partial charge in [0.05, 0.1) is 11.9 Å². The van der Waals surface area contributed by atoms with Gasteiger partial charge in [-0.3, -0.25) is 4.99 Å². The van der Waals surface area contributed by atoms with Gasteiger partial charge in [-0.15, -0.1) is 11.3 Å². The van der Waals surface area contributed by atoms with Crippen LogP contribution >= 0.6 is 11.3 Å². The second kappa shape index (κ2) is 7.68. The molecule has 1 heterocycles. The summed E-state index contributed by atoms with van der Waals surface area (Å²) in [5.74, 6) is -0.276. The molecule has 0 atom stereocenters. The number of hydrogen-bond donors (Lipinski definition) is 0. The highest BCUT2D eigenvalue weighted by Crippen LogP contribution is 2.28.